The van der Waals surface area contributed by atoms with Crippen LogP contribution in [-0.2, 0) is 15.7 Å². The quantitative estimate of drug-likeness (QED) is 0.702. The van der Waals surface area contributed by atoms with E-state index in [4.69, 9.17) is 4.74 Å². The summed E-state index contributed by atoms with van der Waals surface area (Å²) in [4.78, 5) is 42.1. The van der Waals surface area contributed by atoms with Gasteiger partial charge in [-0.05, 0) is 32.0 Å². The molecule has 0 aromatic heterocycles. The summed E-state index contributed by atoms with van der Waals surface area (Å²) < 4.78 is 44.4. The fourth-order valence-corrected chi connectivity index (χ4v) is 4.56. The maximum atomic E-state index is 13.1. The van der Waals surface area contributed by atoms with E-state index in [0.29, 0.717) is 0 Å². The Labute approximate surface area is 165 Å². The van der Waals surface area contributed by atoms with Crippen molar-refractivity contribution in [3.05, 3.63) is 29.8 Å². The molecule has 3 aliphatic rings. The number of ether oxygens (including phenoxy) is 1. The van der Waals surface area contributed by atoms with E-state index in [0.717, 1.165) is 23.1 Å². The van der Waals surface area contributed by atoms with Gasteiger partial charge < -0.3 is 14.5 Å². The molecule has 7 nitrogen and oxygen atoms in total. The maximum Gasteiger partial charge on any atom is 0.416 e. The number of carbonyl (C=O) groups excluding carboxylic acids is 3. The Morgan fingerprint density at radius 2 is 1.93 bits per heavy atom. The third kappa shape index (κ3) is 2.84. The average molecular weight is 411 g/mol. The van der Waals surface area contributed by atoms with E-state index in [9.17, 15) is 27.6 Å². The zero-order chi connectivity index (χ0) is 21.2. The minimum Gasteiger partial charge on any atom is -0.447 e. The van der Waals surface area contributed by atoms with Crippen LogP contribution in [0.5, 0.6) is 0 Å². The summed E-state index contributed by atoms with van der Waals surface area (Å²) in [6.07, 6.45) is -5.49. The number of carbonyl (C=O) groups is 3. The van der Waals surface area contributed by atoms with Crippen molar-refractivity contribution < 1.29 is 32.3 Å². The molecule has 29 heavy (non-hydrogen) atoms. The lowest BCUT2D eigenvalue weighted by Gasteiger charge is -2.34. The molecule has 2 unspecified atom stereocenters. The van der Waals surface area contributed by atoms with Gasteiger partial charge >= 0.3 is 18.3 Å². The molecule has 4 amide bonds. The van der Waals surface area contributed by atoms with Crippen molar-refractivity contribution in [1.82, 2.24) is 9.80 Å². The molecule has 4 rings (SSSR count). The zero-order valence-electron chi connectivity index (χ0n) is 16.0. The molecule has 4 atom stereocenters. The Morgan fingerprint density at radius 3 is 2.55 bits per heavy atom. The molecule has 3 fully saturated rings. The summed E-state index contributed by atoms with van der Waals surface area (Å²) in [5, 5.41) is 0. The normalized spacial score (nSPS) is 28.6. The highest BCUT2D eigenvalue weighted by molar-refractivity contribution is 6.22. The van der Waals surface area contributed by atoms with E-state index in [1.807, 2.05) is 6.92 Å². The van der Waals surface area contributed by atoms with Crippen LogP contribution in [0.1, 0.15) is 26.3 Å². The Balaban J connectivity index is 1.66. The van der Waals surface area contributed by atoms with Crippen LogP contribution < -0.4 is 4.90 Å². The summed E-state index contributed by atoms with van der Waals surface area (Å²) in [7, 11) is 0. The van der Waals surface area contributed by atoms with Gasteiger partial charge in [0.25, 0.3) is 5.91 Å². The van der Waals surface area contributed by atoms with Crippen LogP contribution in [0.3, 0.4) is 0 Å². The molecule has 3 aliphatic heterocycles. The number of benzene rings is 1. The number of urea groups is 1. The van der Waals surface area contributed by atoms with Gasteiger partial charge in [-0.3, -0.25) is 4.79 Å². The largest absolute Gasteiger partial charge is 0.447 e. The fraction of sp³-hybridized carbons (Fsp3) is 0.526. The van der Waals surface area contributed by atoms with Crippen LogP contribution in [0.4, 0.5) is 28.4 Å². The topological polar surface area (TPSA) is 70.2 Å². The number of rotatable bonds is 2. The van der Waals surface area contributed by atoms with Crippen LogP contribution in [0.25, 0.3) is 0 Å². The van der Waals surface area contributed by atoms with Crippen molar-refractivity contribution >= 4 is 23.7 Å². The second-order valence-corrected chi connectivity index (χ2v) is 7.86. The number of likely N-dealkylation sites (tertiary alicyclic amines) is 1. The standard InChI is InChI=1S/C19H20F3N3O4/c1-9(2)29-18(28)23-8-13-10(3)14(23)15-16(26)24(17(27)25(13)15)12-6-4-5-11(7-12)19(20,21)22/h4-7,9-10,13-15H,8H2,1-3H3/t10-,13?,14?,15-/m1/s1. The highest BCUT2D eigenvalue weighted by Crippen LogP contribution is 2.46. The molecule has 3 saturated heterocycles. The lowest BCUT2D eigenvalue weighted by atomic mass is 9.99. The highest BCUT2D eigenvalue weighted by Gasteiger charge is 2.66. The highest BCUT2D eigenvalue weighted by atomic mass is 19.4. The summed E-state index contributed by atoms with van der Waals surface area (Å²) in [6.45, 7) is 5.50. The first-order valence-corrected chi connectivity index (χ1v) is 9.33. The van der Waals surface area contributed by atoms with Gasteiger partial charge in [-0.15, -0.1) is 0 Å². The average Bonchev–Trinajstić information content (AvgIpc) is 3.20. The molecule has 2 bridgehead atoms. The monoisotopic (exact) mass is 411 g/mol. The van der Waals surface area contributed by atoms with Crippen molar-refractivity contribution in [2.24, 2.45) is 5.92 Å². The number of piperazine rings is 1. The number of halogens is 3. The number of hydrogen-bond donors (Lipinski definition) is 0. The molecule has 1 aromatic rings. The third-order valence-corrected chi connectivity index (χ3v) is 5.76. The van der Waals surface area contributed by atoms with Gasteiger partial charge in [0, 0.05) is 12.5 Å². The van der Waals surface area contributed by atoms with Crippen molar-refractivity contribution in [2.75, 3.05) is 11.4 Å². The first-order valence-electron chi connectivity index (χ1n) is 9.33. The SMILES string of the molecule is CC(C)OC(=O)N1CC2[C@@H](C)C1[C@@H]1C(=O)N(c3cccc(C(F)(F)F)c3)C(=O)N21. The van der Waals surface area contributed by atoms with E-state index in [1.54, 1.807) is 13.8 Å². The Morgan fingerprint density at radius 1 is 1.24 bits per heavy atom. The molecule has 3 heterocycles. The van der Waals surface area contributed by atoms with Gasteiger partial charge in [-0.1, -0.05) is 13.0 Å². The van der Waals surface area contributed by atoms with Gasteiger partial charge in [-0.25, -0.2) is 14.5 Å². The van der Waals surface area contributed by atoms with E-state index in [2.05, 4.69) is 0 Å². The second-order valence-electron chi connectivity index (χ2n) is 7.86. The predicted molar refractivity (Wildman–Crippen MR) is 95.0 cm³/mol. The van der Waals surface area contributed by atoms with Gasteiger partial charge in [0.1, 0.15) is 6.04 Å². The summed E-state index contributed by atoms with van der Waals surface area (Å²) >= 11 is 0. The zero-order valence-corrected chi connectivity index (χ0v) is 16.0. The Kier molecular flexibility index (Phi) is 4.29. The number of alkyl halides is 3. The molecule has 1 aromatic carbocycles. The van der Waals surface area contributed by atoms with Crippen LogP contribution in [0.15, 0.2) is 24.3 Å². The van der Waals surface area contributed by atoms with E-state index >= 15 is 0 Å². The maximum absolute atomic E-state index is 13.1. The number of fused-ring (bicyclic) bond motifs is 5. The van der Waals surface area contributed by atoms with Crippen molar-refractivity contribution in [2.45, 2.75) is 51.2 Å². The number of hydrogen-bond acceptors (Lipinski definition) is 4. The molecular formula is C19H20F3N3O4. The summed E-state index contributed by atoms with van der Waals surface area (Å²) in [6, 6.07) is 1.57. The number of anilines is 1. The lowest BCUT2D eigenvalue weighted by Crippen LogP contribution is -2.55. The van der Waals surface area contributed by atoms with E-state index < -0.39 is 47.9 Å². The molecule has 0 radical (unpaired) electrons. The lowest BCUT2D eigenvalue weighted by molar-refractivity contribution is -0.137. The Hall–Kier alpha value is -2.78. The van der Waals surface area contributed by atoms with Crippen molar-refractivity contribution in [3.63, 3.8) is 0 Å². The van der Waals surface area contributed by atoms with E-state index in [-0.39, 0.29) is 24.3 Å². The molecular weight excluding hydrogens is 391 g/mol. The summed E-state index contributed by atoms with van der Waals surface area (Å²) in [5.41, 5.74) is -1.08. The number of imide groups is 1. The van der Waals surface area contributed by atoms with Crippen molar-refractivity contribution in [3.8, 4) is 0 Å². The van der Waals surface area contributed by atoms with Crippen LogP contribution in [0, 0.1) is 5.92 Å². The van der Waals surface area contributed by atoms with E-state index in [1.165, 1.54) is 15.9 Å². The van der Waals surface area contributed by atoms with Gasteiger partial charge in [0.15, 0.2) is 0 Å². The molecule has 0 spiro atoms. The minimum absolute atomic E-state index is 0.132. The molecule has 10 heteroatoms. The van der Waals surface area contributed by atoms with Gasteiger partial charge in [0.05, 0.1) is 29.4 Å². The molecule has 0 saturated carbocycles. The fourth-order valence-electron chi connectivity index (χ4n) is 4.56. The number of amides is 4. The van der Waals surface area contributed by atoms with Crippen molar-refractivity contribution in [1.29, 1.82) is 0 Å². The van der Waals surface area contributed by atoms with Crippen LogP contribution in [-0.4, -0.2) is 58.6 Å². The number of nitrogens with zero attached hydrogens (tertiary/aromatic N) is 3. The molecule has 0 aliphatic carbocycles. The smallest absolute Gasteiger partial charge is 0.416 e. The minimum atomic E-state index is -4.59. The van der Waals surface area contributed by atoms with Gasteiger partial charge in [0.2, 0.25) is 0 Å². The van der Waals surface area contributed by atoms with Crippen LogP contribution >= 0.6 is 0 Å². The third-order valence-electron chi connectivity index (χ3n) is 5.76. The first kappa shape index (κ1) is 19.5. The molecule has 156 valence electrons. The Bertz CT molecular complexity index is 888. The first-order chi connectivity index (χ1) is 13.5. The molecule has 0 N–H and O–H groups in total. The second kappa shape index (κ2) is 6.36. The van der Waals surface area contributed by atoms with Crippen LogP contribution in [0.2, 0.25) is 0 Å². The van der Waals surface area contributed by atoms with Gasteiger partial charge in [-0.2, -0.15) is 13.2 Å². The predicted octanol–water partition coefficient (Wildman–Crippen LogP) is 3.09. The summed E-state index contributed by atoms with van der Waals surface area (Å²) in [5.74, 6) is -0.771.